The molecule has 2 fully saturated rings. The highest BCUT2D eigenvalue weighted by Gasteiger charge is 2.27. The van der Waals surface area contributed by atoms with Crippen molar-refractivity contribution in [2.75, 3.05) is 19.6 Å². The predicted octanol–water partition coefficient (Wildman–Crippen LogP) is 2.43. The van der Waals surface area contributed by atoms with Crippen molar-refractivity contribution >= 4 is 0 Å². The lowest BCUT2D eigenvalue weighted by atomic mass is 9.97. The Morgan fingerprint density at radius 1 is 1.35 bits per heavy atom. The smallest absolute Gasteiger partial charge is 0.0951 e. The summed E-state index contributed by atoms with van der Waals surface area (Å²) in [6.45, 7) is 9.18. The summed E-state index contributed by atoms with van der Waals surface area (Å²) in [7, 11) is 0. The van der Waals surface area contributed by atoms with E-state index >= 15 is 0 Å². The number of imidazole rings is 1. The van der Waals surface area contributed by atoms with Crippen LogP contribution in [0.25, 0.3) is 0 Å². The van der Waals surface area contributed by atoms with Crippen molar-refractivity contribution in [3.8, 4) is 0 Å². The molecule has 20 heavy (non-hydrogen) atoms. The highest BCUT2D eigenvalue weighted by atomic mass is 15.2. The van der Waals surface area contributed by atoms with E-state index in [-0.39, 0.29) is 0 Å². The third kappa shape index (κ3) is 3.61. The Balaban J connectivity index is 1.53. The van der Waals surface area contributed by atoms with Crippen molar-refractivity contribution in [1.82, 2.24) is 19.8 Å². The molecule has 4 heteroatoms. The third-order valence-electron chi connectivity index (χ3n) is 4.49. The van der Waals surface area contributed by atoms with Crippen molar-refractivity contribution in [3.05, 3.63) is 18.2 Å². The van der Waals surface area contributed by atoms with Crippen LogP contribution in [0.5, 0.6) is 0 Å². The van der Waals surface area contributed by atoms with Gasteiger partial charge in [0.2, 0.25) is 0 Å². The fourth-order valence-corrected chi connectivity index (χ4v) is 3.23. The Morgan fingerprint density at radius 2 is 2.20 bits per heavy atom. The van der Waals surface area contributed by atoms with E-state index in [1.54, 1.807) is 0 Å². The molecule has 2 heterocycles. The lowest BCUT2D eigenvalue weighted by Crippen LogP contribution is -2.40. The van der Waals surface area contributed by atoms with Crippen LogP contribution in [0.3, 0.4) is 0 Å². The molecule has 1 aromatic rings. The molecule has 1 N–H and O–H groups in total. The fraction of sp³-hybridized carbons (Fsp3) is 0.812. The van der Waals surface area contributed by atoms with Crippen LogP contribution in [-0.4, -0.2) is 40.1 Å². The first-order valence-electron chi connectivity index (χ1n) is 8.19. The van der Waals surface area contributed by atoms with E-state index < -0.39 is 0 Å². The predicted molar refractivity (Wildman–Crippen MR) is 81.6 cm³/mol. The van der Waals surface area contributed by atoms with Crippen molar-refractivity contribution in [1.29, 1.82) is 0 Å². The molecular weight excluding hydrogens is 248 g/mol. The van der Waals surface area contributed by atoms with Gasteiger partial charge in [-0.05, 0) is 44.7 Å². The second-order valence-corrected chi connectivity index (χ2v) is 6.83. The van der Waals surface area contributed by atoms with Gasteiger partial charge in [0.25, 0.3) is 0 Å². The summed E-state index contributed by atoms with van der Waals surface area (Å²) < 4.78 is 2.40. The van der Waals surface area contributed by atoms with Gasteiger partial charge in [-0.1, -0.05) is 13.8 Å². The van der Waals surface area contributed by atoms with E-state index in [4.69, 9.17) is 0 Å². The first-order chi connectivity index (χ1) is 9.72. The molecule has 0 amide bonds. The van der Waals surface area contributed by atoms with E-state index in [1.807, 2.05) is 6.33 Å². The van der Waals surface area contributed by atoms with Crippen LogP contribution in [0.2, 0.25) is 0 Å². The first kappa shape index (κ1) is 14.1. The molecule has 1 aliphatic carbocycles. The van der Waals surface area contributed by atoms with Gasteiger partial charge in [0.1, 0.15) is 0 Å². The normalized spacial score (nSPS) is 24.4. The standard InChI is InChI=1S/C16H28N4/c1-13(2)18-8-14-4-3-7-19(10-14)11-16-9-17-12-20(16)15-5-6-15/h9,12-15,18H,3-8,10-11H2,1-2H3. The highest BCUT2D eigenvalue weighted by Crippen LogP contribution is 2.36. The summed E-state index contributed by atoms with van der Waals surface area (Å²) >= 11 is 0. The molecule has 0 spiro atoms. The molecule has 112 valence electrons. The van der Waals surface area contributed by atoms with Crippen molar-refractivity contribution < 1.29 is 0 Å². The average Bonchev–Trinajstić information content (AvgIpc) is 3.18. The molecular formula is C16H28N4. The molecule has 1 aliphatic heterocycles. The van der Waals surface area contributed by atoms with Crippen LogP contribution in [0.4, 0.5) is 0 Å². The Kier molecular flexibility index (Phi) is 4.41. The summed E-state index contributed by atoms with van der Waals surface area (Å²) in [6.07, 6.45) is 9.47. The van der Waals surface area contributed by atoms with Gasteiger partial charge in [-0.2, -0.15) is 0 Å². The number of aromatic nitrogens is 2. The SMILES string of the molecule is CC(C)NCC1CCCN(Cc2cncn2C2CC2)C1. The number of hydrogen-bond donors (Lipinski definition) is 1. The second-order valence-electron chi connectivity index (χ2n) is 6.83. The molecule has 2 aliphatic rings. The van der Waals surface area contributed by atoms with Crippen LogP contribution in [0.15, 0.2) is 12.5 Å². The van der Waals surface area contributed by atoms with E-state index in [0.29, 0.717) is 6.04 Å². The average molecular weight is 276 g/mol. The maximum atomic E-state index is 4.35. The monoisotopic (exact) mass is 276 g/mol. The maximum absolute atomic E-state index is 4.35. The minimum atomic E-state index is 0.599. The van der Waals surface area contributed by atoms with Gasteiger partial charge in [0.05, 0.1) is 12.0 Å². The minimum absolute atomic E-state index is 0.599. The topological polar surface area (TPSA) is 33.1 Å². The van der Waals surface area contributed by atoms with Gasteiger partial charge in [-0.3, -0.25) is 4.90 Å². The van der Waals surface area contributed by atoms with Crippen LogP contribution < -0.4 is 5.32 Å². The Labute approximate surface area is 122 Å². The molecule has 1 saturated heterocycles. The molecule has 4 nitrogen and oxygen atoms in total. The highest BCUT2D eigenvalue weighted by molar-refractivity contribution is 5.03. The lowest BCUT2D eigenvalue weighted by molar-refractivity contribution is 0.160. The molecule has 1 aromatic heterocycles. The van der Waals surface area contributed by atoms with E-state index in [0.717, 1.165) is 25.0 Å². The lowest BCUT2D eigenvalue weighted by Gasteiger charge is -2.33. The van der Waals surface area contributed by atoms with E-state index in [1.165, 1.54) is 44.5 Å². The zero-order valence-corrected chi connectivity index (χ0v) is 12.9. The number of rotatable bonds is 6. The molecule has 3 rings (SSSR count). The van der Waals surface area contributed by atoms with Gasteiger partial charge >= 0.3 is 0 Å². The van der Waals surface area contributed by atoms with Crippen LogP contribution in [0, 0.1) is 5.92 Å². The first-order valence-corrected chi connectivity index (χ1v) is 8.19. The zero-order chi connectivity index (χ0) is 13.9. The molecule has 0 aromatic carbocycles. The third-order valence-corrected chi connectivity index (χ3v) is 4.49. The Bertz CT molecular complexity index is 422. The number of likely N-dealkylation sites (tertiary alicyclic amines) is 1. The molecule has 0 radical (unpaired) electrons. The molecule has 1 atom stereocenters. The summed E-state index contributed by atoms with van der Waals surface area (Å²) in [5, 5.41) is 3.59. The molecule has 0 bridgehead atoms. The summed E-state index contributed by atoms with van der Waals surface area (Å²) in [5.41, 5.74) is 1.41. The maximum Gasteiger partial charge on any atom is 0.0951 e. The van der Waals surface area contributed by atoms with Crippen molar-refractivity contribution in [3.63, 3.8) is 0 Å². The van der Waals surface area contributed by atoms with Crippen molar-refractivity contribution in [2.24, 2.45) is 5.92 Å². The second kappa shape index (κ2) is 6.27. The van der Waals surface area contributed by atoms with Gasteiger partial charge in [-0.25, -0.2) is 4.98 Å². The minimum Gasteiger partial charge on any atom is -0.330 e. The van der Waals surface area contributed by atoms with Gasteiger partial charge in [0, 0.05) is 31.4 Å². The van der Waals surface area contributed by atoms with E-state index in [2.05, 4.69) is 39.8 Å². The van der Waals surface area contributed by atoms with Crippen LogP contribution in [0.1, 0.15) is 51.3 Å². The van der Waals surface area contributed by atoms with Gasteiger partial charge in [-0.15, -0.1) is 0 Å². The van der Waals surface area contributed by atoms with Gasteiger partial charge in [0.15, 0.2) is 0 Å². The van der Waals surface area contributed by atoms with Crippen molar-refractivity contribution in [2.45, 2.75) is 58.2 Å². The van der Waals surface area contributed by atoms with Crippen LogP contribution >= 0.6 is 0 Å². The van der Waals surface area contributed by atoms with E-state index in [9.17, 15) is 0 Å². The zero-order valence-electron chi connectivity index (χ0n) is 12.9. The Hall–Kier alpha value is -0.870. The van der Waals surface area contributed by atoms with Gasteiger partial charge < -0.3 is 9.88 Å². The summed E-state index contributed by atoms with van der Waals surface area (Å²) in [5.74, 6) is 0.809. The molecule has 1 unspecified atom stereocenters. The number of nitrogens with zero attached hydrogens (tertiary/aromatic N) is 3. The molecule has 1 saturated carbocycles. The fourth-order valence-electron chi connectivity index (χ4n) is 3.23. The number of hydrogen-bond acceptors (Lipinski definition) is 3. The summed E-state index contributed by atoms with van der Waals surface area (Å²) in [6, 6.07) is 1.34. The van der Waals surface area contributed by atoms with Crippen LogP contribution in [-0.2, 0) is 6.54 Å². The summed E-state index contributed by atoms with van der Waals surface area (Å²) in [4.78, 5) is 6.97. The number of nitrogens with one attached hydrogen (secondary N) is 1. The Morgan fingerprint density at radius 3 is 2.95 bits per heavy atom. The largest absolute Gasteiger partial charge is 0.330 e. The quantitative estimate of drug-likeness (QED) is 0.866. The number of piperidine rings is 1.